The molecule has 3 aliphatic rings. The Morgan fingerprint density at radius 3 is 2.55 bits per heavy atom. The first-order valence-corrected chi connectivity index (χ1v) is 12.1. The summed E-state index contributed by atoms with van der Waals surface area (Å²) in [6.45, 7) is 2.81. The molecule has 3 aliphatic heterocycles. The van der Waals surface area contributed by atoms with Gasteiger partial charge in [-0.1, -0.05) is 18.2 Å². The molecule has 0 aliphatic carbocycles. The number of ether oxygens (including phenoxy) is 1. The van der Waals surface area contributed by atoms with Crippen molar-refractivity contribution in [2.24, 2.45) is 0 Å². The number of nitrogens with zero attached hydrogens (tertiary/aromatic N) is 4. The molecule has 1 aromatic carbocycles. The van der Waals surface area contributed by atoms with E-state index in [1.807, 2.05) is 21.9 Å². The van der Waals surface area contributed by atoms with Crippen molar-refractivity contribution in [1.29, 1.82) is 0 Å². The number of aromatic nitrogens is 1. The van der Waals surface area contributed by atoms with E-state index in [1.165, 1.54) is 4.31 Å². The van der Waals surface area contributed by atoms with E-state index >= 15 is 0 Å². The van der Waals surface area contributed by atoms with Gasteiger partial charge in [-0.05, 0) is 37.1 Å². The average molecular weight is 443 g/mol. The highest BCUT2D eigenvalue weighted by atomic mass is 32.2. The summed E-state index contributed by atoms with van der Waals surface area (Å²) in [6.07, 6.45) is 4.30. The highest BCUT2D eigenvalue weighted by molar-refractivity contribution is 7.89. The fourth-order valence-corrected chi connectivity index (χ4v) is 6.30. The lowest BCUT2D eigenvalue weighted by Gasteiger charge is -2.32. The third-order valence-electron chi connectivity index (χ3n) is 6.29. The fraction of sp³-hybridized carbons (Fsp3) is 0.455. The number of sulfonamides is 1. The molecule has 0 N–H and O–H groups in total. The summed E-state index contributed by atoms with van der Waals surface area (Å²) in [6, 6.07) is 12.2. The maximum atomic E-state index is 13.5. The summed E-state index contributed by atoms with van der Waals surface area (Å²) < 4.78 is 34.9. The second-order valence-corrected chi connectivity index (χ2v) is 10.4. The van der Waals surface area contributed by atoms with E-state index in [1.54, 1.807) is 36.5 Å². The highest BCUT2D eigenvalue weighted by Crippen LogP contribution is 2.39. The molecule has 5 rings (SSSR count). The molecule has 2 fully saturated rings. The molecule has 1 spiro atoms. The first-order valence-electron chi connectivity index (χ1n) is 10.7. The Kier molecular flexibility index (Phi) is 5.10. The number of benzene rings is 1. The molecule has 0 unspecified atom stereocenters. The van der Waals surface area contributed by atoms with Gasteiger partial charge in [-0.3, -0.25) is 4.98 Å². The van der Waals surface area contributed by atoms with Crippen LogP contribution in [0.25, 0.3) is 0 Å². The number of urea groups is 1. The second-order valence-electron chi connectivity index (χ2n) is 8.47. The van der Waals surface area contributed by atoms with E-state index in [9.17, 15) is 13.2 Å². The standard InChI is InChI=1S/C22H26N4O4S/c27-21(24-12-5-6-13-24)25-14-10-22(16-25)17-26(15-18-7-3-4-11-23-18)31(28,29)20-9-2-1-8-19(20)30-22/h1-4,7-9,11H,5-6,10,12-17H2/t22-/m0/s1. The highest BCUT2D eigenvalue weighted by Gasteiger charge is 2.49. The zero-order chi connectivity index (χ0) is 21.5. The van der Waals surface area contributed by atoms with E-state index in [0.717, 1.165) is 25.9 Å². The summed E-state index contributed by atoms with van der Waals surface area (Å²) in [5.74, 6) is 0.349. The summed E-state index contributed by atoms with van der Waals surface area (Å²) in [5.41, 5.74) is -0.118. The van der Waals surface area contributed by atoms with Crippen LogP contribution in [-0.2, 0) is 16.6 Å². The van der Waals surface area contributed by atoms with Gasteiger partial charge >= 0.3 is 6.03 Å². The smallest absolute Gasteiger partial charge is 0.320 e. The first kappa shape index (κ1) is 20.3. The quantitative estimate of drug-likeness (QED) is 0.713. The Morgan fingerprint density at radius 1 is 1.00 bits per heavy atom. The van der Waals surface area contributed by atoms with Crippen molar-refractivity contribution in [2.75, 3.05) is 32.7 Å². The van der Waals surface area contributed by atoms with E-state index in [-0.39, 0.29) is 24.0 Å². The van der Waals surface area contributed by atoms with Gasteiger partial charge < -0.3 is 14.5 Å². The van der Waals surface area contributed by atoms with Crippen LogP contribution in [0.15, 0.2) is 53.6 Å². The Balaban J connectivity index is 1.48. The zero-order valence-electron chi connectivity index (χ0n) is 17.3. The second kappa shape index (κ2) is 7.80. The lowest BCUT2D eigenvalue weighted by molar-refractivity contribution is 0.0587. The van der Waals surface area contributed by atoms with Crippen molar-refractivity contribution in [1.82, 2.24) is 19.1 Å². The predicted molar refractivity (Wildman–Crippen MR) is 114 cm³/mol. The van der Waals surface area contributed by atoms with Crippen LogP contribution in [0.5, 0.6) is 5.75 Å². The number of hydrogen-bond acceptors (Lipinski definition) is 5. The number of amides is 2. The molecular formula is C22H26N4O4S. The molecule has 0 saturated carbocycles. The molecule has 1 aromatic heterocycles. The van der Waals surface area contributed by atoms with Crippen LogP contribution in [0.3, 0.4) is 0 Å². The van der Waals surface area contributed by atoms with Gasteiger partial charge in [0.25, 0.3) is 0 Å². The van der Waals surface area contributed by atoms with Crippen molar-refractivity contribution in [2.45, 2.75) is 36.3 Å². The number of carbonyl (C=O) groups is 1. The lowest BCUT2D eigenvalue weighted by Crippen LogP contribution is -2.50. The molecule has 2 saturated heterocycles. The molecule has 2 aromatic rings. The number of hydrogen-bond donors (Lipinski definition) is 0. The van der Waals surface area contributed by atoms with E-state index < -0.39 is 15.6 Å². The molecule has 1 atom stereocenters. The van der Waals surface area contributed by atoms with Crippen LogP contribution in [-0.4, -0.2) is 71.9 Å². The molecule has 0 radical (unpaired) electrons. The van der Waals surface area contributed by atoms with Crippen LogP contribution in [0, 0.1) is 0 Å². The van der Waals surface area contributed by atoms with Crippen molar-refractivity contribution >= 4 is 16.1 Å². The van der Waals surface area contributed by atoms with E-state index in [0.29, 0.717) is 31.0 Å². The molecule has 9 heteroatoms. The van der Waals surface area contributed by atoms with Gasteiger partial charge in [0.1, 0.15) is 16.2 Å². The molecule has 164 valence electrons. The van der Waals surface area contributed by atoms with Crippen molar-refractivity contribution < 1.29 is 17.9 Å². The maximum Gasteiger partial charge on any atom is 0.320 e. The number of carbonyl (C=O) groups excluding carboxylic acids is 1. The van der Waals surface area contributed by atoms with E-state index in [4.69, 9.17) is 4.74 Å². The largest absolute Gasteiger partial charge is 0.483 e. The Morgan fingerprint density at radius 2 is 1.77 bits per heavy atom. The van der Waals surface area contributed by atoms with Gasteiger partial charge in [-0.25, -0.2) is 13.2 Å². The van der Waals surface area contributed by atoms with E-state index in [2.05, 4.69) is 4.98 Å². The van der Waals surface area contributed by atoms with Crippen LogP contribution in [0.2, 0.25) is 0 Å². The first-order chi connectivity index (χ1) is 15.0. The summed E-state index contributed by atoms with van der Waals surface area (Å²) in [7, 11) is -3.78. The summed E-state index contributed by atoms with van der Waals surface area (Å²) in [4.78, 5) is 21.1. The normalized spacial score (nSPS) is 25.3. The van der Waals surface area contributed by atoms with Gasteiger partial charge in [-0.15, -0.1) is 0 Å². The average Bonchev–Trinajstić information content (AvgIpc) is 3.43. The Bertz CT molecular complexity index is 1070. The predicted octanol–water partition coefficient (Wildman–Crippen LogP) is 2.33. The minimum atomic E-state index is -3.78. The summed E-state index contributed by atoms with van der Waals surface area (Å²) >= 11 is 0. The van der Waals surface area contributed by atoms with Crippen molar-refractivity contribution in [3.05, 3.63) is 54.4 Å². The number of rotatable bonds is 2. The Hall–Kier alpha value is -2.65. The lowest BCUT2D eigenvalue weighted by atomic mass is 10.0. The number of pyridine rings is 1. The van der Waals surface area contributed by atoms with Gasteiger partial charge in [-0.2, -0.15) is 4.31 Å². The van der Waals surface area contributed by atoms with Gasteiger partial charge in [0.15, 0.2) is 0 Å². The topological polar surface area (TPSA) is 83.1 Å². The zero-order valence-corrected chi connectivity index (χ0v) is 18.1. The third-order valence-corrected chi connectivity index (χ3v) is 8.12. The summed E-state index contributed by atoms with van der Waals surface area (Å²) in [5, 5.41) is 0. The Labute approximate surface area is 182 Å². The van der Waals surface area contributed by atoms with Gasteiger partial charge in [0, 0.05) is 32.3 Å². The van der Waals surface area contributed by atoms with Crippen molar-refractivity contribution in [3.8, 4) is 5.75 Å². The van der Waals surface area contributed by atoms with Crippen LogP contribution in [0.4, 0.5) is 4.79 Å². The number of fused-ring (bicyclic) bond motifs is 1. The number of para-hydroxylation sites is 1. The molecule has 4 heterocycles. The third kappa shape index (κ3) is 3.76. The number of likely N-dealkylation sites (tertiary alicyclic amines) is 2. The monoisotopic (exact) mass is 442 g/mol. The van der Waals surface area contributed by atoms with Crippen LogP contribution in [0.1, 0.15) is 25.0 Å². The minimum absolute atomic E-state index is 0.0228. The van der Waals surface area contributed by atoms with Crippen LogP contribution < -0.4 is 4.74 Å². The molecular weight excluding hydrogens is 416 g/mol. The van der Waals surface area contributed by atoms with Gasteiger partial charge in [0.05, 0.1) is 25.3 Å². The SMILES string of the molecule is O=C(N1CCCC1)N1CC[C@]2(C1)CN(Cc1ccccn1)S(=O)(=O)c1ccccc1O2. The molecule has 2 amide bonds. The van der Waals surface area contributed by atoms with Crippen molar-refractivity contribution in [3.63, 3.8) is 0 Å². The maximum absolute atomic E-state index is 13.5. The molecule has 31 heavy (non-hydrogen) atoms. The van der Waals surface area contributed by atoms with Crippen LogP contribution >= 0.6 is 0 Å². The molecule has 0 bridgehead atoms. The minimum Gasteiger partial charge on any atom is -0.483 e. The fourth-order valence-electron chi connectivity index (χ4n) is 4.70. The molecule has 8 nitrogen and oxygen atoms in total. The van der Waals surface area contributed by atoms with Gasteiger partial charge in [0.2, 0.25) is 10.0 Å².